The summed E-state index contributed by atoms with van der Waals surface area (Å²) in [6.45, 7) is 0. The molecule has 2 rings (SSSR count). The van der Waals surface area contributed by atoms with Crippen LogP contribution in [0.5, 0.6) is 0 Å². The number of carbonyl (C=O) groups excluding carboxylic acids is 1. The van der Waals surface area contributed by atoms with Crippen LogP contribution in [0.3, 0.4) is 0 Å². The summed E-state index contributed by atoms with van der Waals surface area (Å²) in [6.07, 6.45) is 0. The lowest BCUT2D eigenvalue weighted by atomic mass is 10.2. The van der Waals surface area contributed by atoms with Gasteiger partial charge in [0.25, 0.3) is 5.91 Å². The minimum atomic E-state index is -0.516. The molecule has 0 spiro atoms. The number of rotatable bonds is 2. The average molecular weight is 358 g/mol. The van der Waals surface area contributed by atoms with E-state index in [2.05, 4.69) is 16.2 Å². The van der Waals surface area contributed by atoms with Crippen molar-refractivity contribution in [1.82, 2.24) is 10.9 Å². The number of anilines is 1. The fraction of sp³-hybridized carbons (Fsp3) is 0. The lowest BCUT2D eigenvalue weighted by Crippen LogP contribution is -2.43. The van der Waals surface area contributed by atoms with Crippen LogP contribution >= 0.6 is 35.4 Å². The van der Waals surface area contributed by atoms with E-state index in [-0.39, 0.29) is 10.7 Å². The SMILES string of the molecule is O=C(NNC(=S)Nc1ccc(Cl)c(Cl)c1)c1cccc(F)c1. The highest BCUT2D eigenvalue weighted by Crippen LogP contribution is 2.24. The molecule has 0 aliphatic heterocycles. The first-order valence-electron chi connectivity index (χ1n) is 6.03. The maximum absolute atomic E-state index is 13.0. The summed E-state index contributed by atoms with van der Waals surface area (Å²) >= 11 is 16.7. The van der Waals surface area contributed by atoms with E-state index < -0.39 is 11.7 Å². The van der Waals surface area contributed by atoms with Crippen molar-refractivity contribution in [3.63, 3.8) is 0 Å². The first-order chi connectivity index (χ1) is 10.5. The Morgan fingerprint density at radius 1 is 1.05 bits per heavy atom. The van der Waals surface area contributed by atoms with Gasteiger partial charge in [0.15, 0.2) is 5.11 Å². The molecule has 0 saturated heterocycles. The molecule has 0 radical (unpaired) electrons. The summed E-state index contributed by atoms with van der Waals surface area (Å²) in [5, 5.41) is 3.75. The standard InChI is InChI=1S/C14H10Cl2FN3OS/c15-11-5-4-10(7-12(11)16)18-14(22)20-19-13(21)8-2-1-3-9(17)6-8/h1-7H,(H,19,21)(H2,18,20,22). The van der Waals surface area contributed by atoms with Gasteiger partial charge in [-0.05, 0) is 48.6 Å². The average Bonchev–Trinajstić information content (AvgIpc) is 2.48. The third-order valence-electron chi connectivity index (χ3n) is 2.55. The van der Waals surface area contributed by atoms with Gasteiger partial charge in [-0.25, -0.2) is 4.39 Å². The summed E-state index contributed by atoms with van der Waals surface area (Å²) in [7, 11) is 0. The number of hydrazine groups is 1. The number of hydrogen-bond acceptors (Lipinski definition) is 2. The van der Waals surface area contributed by atoms with Gasteiger partial charge in [0, 0.05) is 11.3 Å². The van der Waals surface area contributed by atoms with E-state index in [0.29, 0.717) is 15.7 Å². The van der Waals surface area contributed by atoms with Gasteiger partial charge in [-0.2, -0.15) is 0 Å². The Labute approximate surface area is 141 Å². The fourth-order valence-corrected chi connectivity index (χ4v) is 2.02. The number of carbonyl (C=O) groups is 1. The zero-order valence-electron chi connectivity index (χ0n) is 11.0. The molecule has 8 heteroatoms. The Morgan fingerprint density at radius 2 is 1.82 bits per heavy atom. The first kappa shape index (κ1) is 16.5. The molecule has 0 saturated carbocycles. The normalized spacial score (nSPS) is 9.95. The van der Waals surface area contributed by atoms with E-state index in [1.54, 1.807) is 18.2 Å². The molecule has 0 unspecified atom stereocenters. The molecule has 4 nitrogen and oxygen atoms in total. The van der Waals surface area contributed by atoms with Gasteiger partial charge >= 0.3 is 0 Å². The molecule has 0 heterocycles. The third kappa shape index (κ3) is 4.56. The largest absolute Gasteiger partial charge is 0.331 e. The number of benzene rings is 2. The van der Waals surface area contributed by atoms with Crippen molar-refractivity contribution in [2.75, 3.05) is 5.32 Å². The molecule has 0 bridgehead atoms. The Bertz CT molecular complexity index is 727. The van der Waals surface area contributed by atoms with E-state index in [1.807, 2.05) is 0 Å². The highest BCUT2D eigenvalue weighted by atomic mass is 35.5. The molecule has 2 aromatic carbocycles. The summed E-state index contributed by atoms with van der Waals surface area (Å²) in [6, 6.07) is 10.2. The van der Waals surface area contributed by atoms with E-state index in [9.17, 15) is 9.18 Å². The van der Waals surface area contributed by atoms with Gasteiger partial charge < -0.3 is 5.32 Å². The van der Waals surface area contributed by atoms with Crippen LogP contribution in [0, 0.1) is 5.82 Å². The lowest BCUT2D eigenvalue weighted by molar-refractivity contribution is 0.0943. The van der Waals surface area contributed by atoms with Crippen molar-refractivity contribution in [3.05, 3.63) is 63.9 Å². The fourth-order valence-electron chi connectivity index (χ4n) is 1.55. The minimum absolute atomic E-state index is 0.142. The van der Waals surface area contributed by atoms with E-state index >= 15 is 0 Å². The van der Waals surface area contributed by atoms with Gasteiger partial charge in [-0.15, -0.1) is 0 Å². The van der Waals surface area contributed by atoms with Gasteiger partial charge in [-0.1, -0.05) is 29.3 Å². The second kappa shape index (κ2) is 7.40. The topological polar surface area (TPSA) is 53.2 Å². The van der Waals surface area contributed by atoms with Crippen molar-refractivity contribution >= 4 is 52.1 Å². The second-order valence-corrected chi connectivity index (χ2v) is 5.40. The van der Waals surface area contributed by atoms with Crippen molar-refractivity contribution in [3.8, 4) is 0 Å². The van der Waals surface area contributed by atoms with Crippen LogP contribution in [0.4, 0.5) is 10.1 Å². The predicted octanol–water partition coefficient (Wildman–Crippen LogP) is 3.76. The molecule has 0 atom stereocenters. The predicted molar refractivity (Wildman–Crippen MR) is 89.7 cm³/mol. The minimum Gasteiger partial charge on any atom is -0.331 e. The molecule has 114 valence electrons. The van der Waals surface area contributed by atoms with Crippen LogP contribution in [0.2, 0.25) is 10.0 Å². The zero-order valence-corrected chi connectivity index (χ0v) is 13.3. The number of amides is 1. The first-order valence-corrected chi connectivity index (χ1v) is 7.20. The molecular weight excluding hydrogens is 348 g/mol. The molecule has 1 amide bonds. The van der Waals surface area contributed by atoms with Crippen LogP contribution in [-0.2, 0) is 0 Å². The highest BCUT2D eigenvalue weighted by molar-refractivity contribution is 7.80. The van der Waals surface area contributed by atoms with Crippen LogP contribution in [0.25, 0.3) is 0 Å². The molecule has 22 heavy (non-hydrogen) atoms. The van der Waals surface area contributed by atoms with Crippen molar-refractivity contribution in [1.29, 1.82) is 0 Å². The molecule has 3 N–H and O–H groups in total. The molecule has 0 fully saturated rings. The Kier molecular flexibility index (Phi) is 5.54. The van der Waals surface area contributed by atoms with E-state index in [4.69, 9.17) is 35.4 Å². The molecule has 0 aromatic heterocycles. The molecular formula is C14H10Cl2FN3OS. The number of nitrogens with one attached hydrogen (secondary N) is 3. The van der Waals surface area contributed by atoms with Crippen LogP contribution in [0.1, 0.15) is 10.4 Å². The molecule has 2 aromatic rings. The summed E-state index contributed by atoms with van der Waals surface area (Å²) in [4.78, 5) is 11.8. The van der Waals surface area contributed by atoms with Crippen molar-refractivity contribution in [2.45, 2.75) is 0 Å². The van der Waals surface area contributed by atoms with Crippen LogP contribution in [-0.4, -0.2) is 11.0 Å². The lowest BCUT2D eigenvalue weighted by Gasteiger charge is -2.12. The van der Waals surface area contributed by atoms with Crippen molar-refractivity contribution in [2.24, 2.45) is 0 Å². The molecule has 0 aliphatic rings. The second-order valence-electron chi connectivity index (χ2n) is 4.17. The Balaban J connectivity index is 1.90. The van der Waals surface area contributed by atoms with Gasteiger partial charge in [0.2, 0.25) is 0 Å². The smallest absolute Gasteiger partial charge is 0.269 e. The number of thiocarbonyl (C=S) groups is 1. The van der Waals surface area contributed by atoms with Gasteiger partial charge in [0.05, 0.1) is 10.0 Å². The van der Waals surface area contributed by atoms with Gasteiger partial charge in [0.1, 0.15) is 5.82 Å². The van der Waals surface area contributed by atoms with Crippen LogP contribution in [0.15, 0.2) is 42.5 Å². The van der Waals surface area contributed by atoms with Crippen LogP contribution < -0.4 is 16.2 Å². The highest BCUT2D eigenvalue weighted by Gasteiger charge is 2.07. The number of hydrogen-bond donors (Lipinski definition) is 3. The monoisotopic (exact) mass is 357 g/mol. The van der Waals surface area contributed by atoms with E-state index in [0.717, 1.165) is 6.07 Å². The van der Waals surface area contributed by atoms with E-state index in [1.165, 1.54) is 18.2 Å². The third-order valence-corrected chi connectivity index (χ3v) is 3.50. The maximum Gasteiger partial charge on any atom is 0.269 e. The Hall–Kier alpha value is -1.89. The van der Waals surface area contributed by atoms with Gasteiger partial charge in [-0.3, -0.25) is 15.6 Å². The summed E-state index contributed by atoms with van der Waals surface area (Å²) < 4.78 is 13.0. The maximum atomic E-state index is 13.0. The number of halogens is 3. The summed E-state index contributed by atoms with van der Waals surface area (Å²) in [5.74, 6) is -1.01. The zero-order chi connectivity index (χ0) is 16.1. The Morgan fingerprint density at radius 3 is 2.50 bits per heavy atom. The summed E-state index contributed by atoms with van der Waals surface area (Å²) in [5.41, 5.74) is 5.63. The quantitative estimate of drug-likeness (QED) is 0.565. The van der Waals surface area contributed by atoms with Crippen molar-refractivity contribution < 1.29 is 9.18 Å². The molecule has 0 aliphatic carbocycles.